The molecule has 0 amide bonds. The van der Waals surface area contributed by atoms with E-state index in [-0.39, 0.29) is 5.54 Å². The van der Waals surface area contributed by atoms with Gasteiger partial charge in [0, 0.05) is 4.47 Å². The van der Waals surface area contributed by atoms with Crippen molar-refractivity contribution in [1.82, 2.24) is 0 Å². The van der Waals surface area contributed by atoms with Gasteiger partial charge in [-0.05, 0) is 39.0 Å². The predicted octanol–water partition coefficient (Wildman–Crippen LogP) is 3.63. The highest BCUT2D eigenvalue weighted by atomic mass is 79.9. The summed E-state index contributed by atoms with van der Waals surface area (Å²) in [7, 11) is 0. The number of nitrogens with zero attached hydrogens (tertiary/aromatic N) is 1. The van der Waals surface area contributed by atoms with E-state index in [0.29, 0.717) is 11.0 Å². The fourth-order valence-electron chi connectivity index (χ4n) is 1.12. The average Bonchev–Trinajstić information content (AvgIpc) is 2.06. The van der Waals surface area contributed by atoms with E-state index in [2.05, 4.69) is 26.2 Å². The van der Waals surface area contributed by atoms with E-state index >= 15 is 0 Å². The highest BCUT2D eigenvalue weighted by molar-refractivity contribution is 9.10. The number of rotatable bonds is 1. The van der Waals surface area contributed by atoms with Crippen LogP contribution < -0.4 is 11.1 Å². The van der Waals surface area contributed by atoms with Crippen LogP contribution in [-0.2, 0) is 0 Å². The molecule has 0 bridgehead atoms. The van der Waals surface area contributed by atoms with Crippen LogP contribution in [0, 0.1) is 0 Å². The van der Waals surface area contributed by atoms with Gasteiger partial charge in [-0.3, -0.25) is 0 Å². The summed E-state index contributed by atoms with van der Waals surface area (Å²) in [5.74, 6) is 0.358. The number of hydrogen-bond donors (Lipinski definition) is 2. The Balaban J connectivity index is 2.85. The van der Waals surface area contributed by atoms with Gasteiger partial charge in [0.2, 0.25) is 0 Å². The number of anilines is 1. The maximum atomic E-state index is 6.04. The predicted molar refractivity (Wildman–Crippen MR) is 74.2 cm³/mol. The highest BCUT2D eigenvalue weighted by Crippen LogP contribution is 2.25. The maximum Gasteiger partial charge on any atom is 0.193 e. The Morgan fingerprint density at radius 1 is 1.44 bits per heavy atom. The van der Waals surface area contributed by atoms with Crippen molar-refractivity contribution in [3.05, 3.63) is 27.7 Å². The maximum absolute atomic E-state index is 6.04. The zero-order valence-corrected chi connectivity index (χ0v) is 11.9. The minimum Gasteiger partial charge on any atom is -0.370 e. The number of benzene rings is 1. The van der Waals surface area contributed by atoms with Gasteiger partial charge < -0.3 is 11.1 Å². The van der Waals surface area contributed by atoms with Crippen LogP contribution in [-0.4, -0.2) is 11.5 Å². The zero-order valence-electron chi connectivity index (χ0n) is 9.51. The third-order valence-electron chi connectivity index (χ3n) is 1.65. The van der Waals surface area contributed by atoms with Gasteiger partial charge >= 0.3 is 0 Å². The molecule has 0 spiro atoms. The average molecular weight is 305 g/mol. The van der Waals surface area contributed by atoms with Crippen LogP contribution in [0.3, 0.4) is 0 Å². The molecule has 0 heterocycles. The lowest BCUT2D eigenvalue weighted by Crippen LogP contribution is -2.27. The Labute approximate surface area is 109 Å². The summed E-state index contributed by atoms with van der Waals surface area (Å²) in [5.41, 5.74) is 6.30. The minimum absolute atomic E-state index is 0.209. The molecule has 0 aliphatic carbocycles. The van der Waals surface area contributed by atoms with E-state index in [1.165, 1.54) is 0 Å². The second kappa shape index (κ2) is 5.06. The summed E-state index contributed by atoms with van der Waals surface area (Å²) in [6.07, 6.45) is 0. The zero-order chi connectivity index (χ0) is 12.3. The van der Waals surface area contributed by atoms with Crippen LogP contribution in [0.1, 0.15) is 20.8 Å². The summed E-state index contributed by atoms with van der Waals surface area (Å²) in [4.78, 5) is 4.28. The van der Waals surface area contributed by atoms with E-state index in [1.54, 1.807) is 6.07 Å². The molecule has 0 radical (unpaired) electrons. The van der Waals surface area contributed by atoms with E-state index in [4.69, 9.17) is 17.3 Å². The molecule has 0 saturated heterocycles. The molecule has 5 heteroatoms. The molecule has 88 valence electrons. The lowest BCUT2D eigenvalue weighted by molar-refractivity contribution is 0.583. The van der Waals surface area contributed by atoms with Crippen molar-refractivity contribution in [2.45, 2.75) is 26.3 Å². The Morgan fingerprint density at radius 2 is 2.06 bits per heavy atom. The van der Waals surface area contributed by atoms with Gasteiger partial charge in [0.1, 0.15) is 0 Å². The molecular weight excluding hydrogens is 289 g/mol. The van der Waals surface area contributed by atoms with Gasteiger partial charge in [-0.1, -0.05) is 27.5 Å². The monoisotopic (exact) mass is 303 g/mol. The number of aliphatic imine (C=N–C) groups is 1. The molecular formula is C11H15BrClN3. The molecule has 1 aromatic rings. The van der Waals surface area contributed by atoms with Crippen molar-refractivity contribution < 1.29 is 0 Å². The number of hydrogen-bond acceptors (Lipinski definition) is 1. The Morgan fingerprint density at radius 3 is 2.56 bits per heavy atom. The van der Waals surface area contributed by atoms with Gasteiger partial charge in [0.05, 0.1) is 16.2 Å². The van der Waals surface area contributed by atoms with Gasteiger partial charge in [0.15, 0.2) is 5.96 Å². The summed E-state index contributed by atoms with van der Waals surface area (Å²) in [6, 6.07) is 5.53. The summed E-state index contributed by atoms with van der Waals surface area (Å²) in [6.45, 7) is 5.93. The number of halogens is 2. The molecule has 0 atom stereocenters. The molecule has 0 aromatic heterocycles. The SMILES string of the molecule is CC(C)(C)N=C(N)Nc1ccc(Br)cc1Cl. The van der Waals surface area contributed by atoms with E-state index in [9.17, 15) is 0 Å². The molecule has 16 heavy (non-hydrogen) atoms. The van der Waals surface area contributed by atoms with Crippen molar-refractivity contribution in [1.29, 1.82) is 0 Å². The van der Waals surface area contributed by atoms with Gasteiger partial charge in [0.25, 0.3) is 0 Å². The first-order valence-corrected chi connectivity index (χ1v) is 6.02. The fourth-order valence-corrected chi connectivity index (χ4v) is 1.84. The van der Waals surface area contributed by atoms with E-state index in [1.807, 2.05) is 32.9 Å². The highest BCUT2D eigenvalue weighted by Gasteiger charge is 2.09. The van der Waals surface area contributed by atoms with Crippen molar-refractivity contribution in [3.63, 3.8) is 0 Å². The molecule has 0 aliphatic rings. The van der Waals surface area contributed by atoms with Crippen LogP contribution in [0.15, 0.2) is 27.7 Å². The fraction of sp³-hybridized carbons (Fsp3) is 0.364. The normalized spacial score (nSPS) is 12.7. The smallest absolute Gasteiger partial charge is 0.193 e. The molecule has 3 N–H and O–H groups in total. The standard InChI is InChI=1S/C11H15BrClN3/c1-11(2,3)16-10(14)15-9-5-4-7(12)6-8(9)13/h4-6H,1-3H3,(H3,14,15,16). The van der Waals surface area contributed by atoms with Crippen molar-refractivity contribution >= 4 is 39.2 Å². The Bertz CT molecular complexity index is 410. The Kier molecular flexibility index (Phi) is 4.21. The third kappa shape index (κ3) is 4.41. The molecule has 1 aromatic carbocycles. The molecule has 3 nitrogen and oxygen atoms in total. The summed E-state index contributed by atoms with van der Waals surface area (Å²) >= 11 is 9.38. The number of nitrogens with one attached hydrogen (secondary N) is 1. The minimum atomic E-state index is -0.209. The molecule has 0 saturated carbocycles. The topological polar surface area (TPSA) is 50.4 Å². The third-order valence-corrected chi connectivity index (χ3v) is 2.46. The van der Waals surface area contributed by atoms with E-state index < -0.39 is 0 Å². The molecule has 1 rings (SSSR count). The van der Waals surface area contributed by atoms with E-state index in [0.717, 1.165) is 10.2 Å². The van der Waals surface area contributed by atoms with Crippen LogP contribution >= 0.6 is 27.5 Å². The second-order valence-corrected chi connectivity index (χ2v) is 5.74. The number of guanidine groups is 1. The first-order chi connectivity index (χ1) is 7.28. The number of nitrogens with two attached hydrogens (primary N) is 1. The molecule has 0 fully saturated rings. The van der Waals surface area contributed by atoms with Crippen molar-refractivity contribution in [3.8, 4) is 0 Å². The lowest BCUT2D eigenvalue weighted by Gasteiger charge is -2.15. The molecule has 0 unspecified atom stereocenters. The van der Waals surface area contributed by atoms with Crippen molar-refractivity contribution in [2.24, 2.45) is 10.7 Å². The first-order valence-electron chi connectivity index (χ1n) is 4.85. The van der Waals surface area contributed by atoms with Gasteiger partial charge in [-0.25, -0.2) is 4.99 Å². The Hall–Kier alpha value is -0.740. The van der Waals surface area contributed by atoms with Crippen LogP contribution in [0.5, 0.6) is 0 Å². The lowest BCUT2D eigenvalue weighted by atomic mass is 10.1. The first kappa shape index (κ1) is 13.3. The van der Waals surface area contributed by atoms with Crippen LogP contribution in [0.4, 0.5) is 5.69 Å². The second-order valence-electron chi connectivity index (χ2n) is 4.42. The van der Waals surface area contributed by atoms with Gasteiger partial charge in [-0.2, -0.15) is 0 Å². The summed E-state index contributed by atoms with van der Waals surface area (Å²) < 4.78 is 0.925. The van der Waals surface area contributed by atoms with Crippen molar-refractivity contribution in [2.75, 3.05) is 5.32 Å². The van der Waals surface area contributed by atoms with Crippen LogP contribution in [0.25, 0.3) is 0 Å². The van der Waals surface area contributed by atoms with Crippen LogP contribution in [0.2, 0.25) is 5.02 Å². The quantitative estimate of drug-likeness (QED) is 0.615. The molecule has 0 aliphatic heterocycles. The summed E-state index contributed by atoms with van der Waals surface area (Å²) in [5, 5.41) is 3.57. The van der Waals surface area contributed by atoms with Gasteiger partial charge in [-0.15, -0.1) is 0 Å². The largest absolute Gasteiger partial charge is 0.370 e.